The first kappa shape index (κ1) is 20.4. The second-order valence-corrected chi connectivity index (χ2v) is 7.80. The third-order valence-electron chi connectivity index (χ3n) is 5.71. The summed E-state index contributed by atoms with van der Waals surface area (Å²) in [5, 5.41) is 8.22. The van der Waals surface area contributed by atoms with E-state index < -0.39 is 5.97 Å². The molecule has 0 saturated carbocycles. The smallest absolute Gasteiger partial charge is 0.376 e. The van der Waals surface area contributed by atoms with Gasteiger partial charge in [-0.2, -0.15) is 0 Å². The molecule has 2 aliphatic rings. The second-order valence-electron chi connectivity index (χ2n) is 7.80. The summed E-state index contributed by atoms with van der Waals surface area (Å²) >= 11 is 0. The SMILES string of the molecule is CCOC(=O)c1nnc2n1CCN(Cc1ccc(C3COc4cccnc4O3)cc1)CC2. The van der Waals surface area contributed by atoms with Crippen LogP contribution in [-0.4, -0.2) is 56.9 Å². The van der Waals surface area contributed by atoms with Crippen LogP contribution in [0.1, 0.15) is 40.6 Å². The topological polar surface area (TPSA) is 91.6 Å². The van der Waals surface area contributed by atoms with E-state index in [0.29, 0.717) is 37.2 Å². The molecule has 0 amide bonds. The Balaban J connectivity index is 1.21. The molecule has 4 heterocycles. The van der Waals surface area contributed by atoms with Gasteiger partial charge in [0.15, 0.2) is 11.9 Å². The van der Waals surface area contributed by atoms with E-state index in [-0.39, 0.29) is 6.10 Å². The molecule has 5 rings (SSSR count). The van der Waals surface area contributed by atoms with Gasteiger partial charge in [0.25, 0.3) is 5.88 Å². The van der Waals surface area contributed by atoms with Gasteiger partial charge in [-0.3, -0.25) is 4.90 Å². The number of benzene rings is 1. The van der Waals surface area contributed by atoms with Crippen LogP contribution in [-0.2, 0) is 24.2 Å². The van der Waals surface area contributed by atoms with Crippen molar-refractivity contribution >= 4 is 5.97 Å². The molecule has 9 heteroatoms. The van der Waals surface area contributed by atoms with Crippen LogP contribution < -0.4 is 9.47 Å². The number of carbonyl (C=O) groups excluding carboxylic acids is 1. The number of hydrogen-bond donors (Lipinski definition) is 0. The Morgan fingerprint density at radius 3 is 2.88 bits per heavy atom. The van der Waals surface area contributed by atoms with Crippen molar-refractivity contribution in [2.45, 2.75) is 32.5 Å². The number of nitrogens with zero attached hydrogens (tertiary/aromatic N) is 5. The molecule has 0 N–H and O–H groups in total. The van der Waals surface area contributed by atoms with Crippen molar-refractivity contribution in [3.63, 3.8) is 0 Å². The number of fused-ring (bicyclic) bond motifs is 2. The zero-order valence-electron chi connectivity index (χ0n) is 17.9. The van der Waals surface area contributed by atoms with Gasteiger partial charge in [0, 0.05) is 38.8 Å². The molecule has 0 spiro atoms. The summed E-state index contributed by atoms with van der Waals surface area (Å²) in [7, 11) is 0. The summed E-state index contributed by atoms with van der Waals surface area (Å²) in [5.74, 6) is 1.92. The van der Waals surface area contributed by atoms with Gasteiger partial charge < -0.3 is 18.8 Å². The molecule has 2 aromatic heterocycles. The van der Waals surface area contributed by atoms with Crippen molar-refractivity contribution in [2.24, 2.45) is 0 Å². The van der Waals surface area contributed by atoms with Crippen LogP contribution in [0.5, 0.6) is 11.6 Å². The normalized spacial score (nSPS) is 18.0. The van der Waals surface area contributed by atoms with Crippen molar-refractivity contribution in [1.82, 2.24) is 24.6 Å². The standard InChI is InChI=1S/C23H25N5O4/c1-2-30-23(29)21-26-25-20-9-11-27(12-13-28(20)21)14-16-5-7-17(8-6-16)19-15-31-18-4-3-10-24-22(18)32-19/h3-8,10,19H,2,9,11-15H2,1H3. The molecular formula is C23H25N5O4. The Kier molecular flexibility index (Phi) is 5.72. The Morgan fingerprint density at radius 1 is 1.16 bits per heavy atom. The van der Waals surface area contributed by atoms with E-state index in [2.05, 4.69) is 44.3 Å². The number of ether oxygens (including phenoxy) is 3. The van der Waals surface area contributed by atoms with Gasteiger partial charge in [0.1, 0.15) is 12.4 Å². The van der Waals surface area contributed by atoms with Gasteiger partial charge in [0.05, 0.1) is 6.61 Å². The van der Waals surface area contributed by atoms with E-state index in [4.69, 9.17) is 14.2 Å². The van der Waals surface area contributed by atoms with Gasteiger partial charge in [-0.05, 0) is 30.2 Å². The van der Waals surface area contributed by atoms with Gasteiger partial charge in [-0.1, -0.05) is 24.3 Å². The van der Waals surface area contributed by atoms with Crippen LogP contribution >= 0.6 is 0 Å². The number of hydrogen-bond acceptors (Lipinski definition) is 8. The lowest BCUT2D eigenvalue weighted by Crippen LogP contribution is -2.27. The van der Waals surface area contributed by atoms with Crippen molar-refractivity contribution in [2.75, 3.05) is 26.3 Å². The van der Waals surface area contributed by atoms with Gasteiger partial charge >= 0.3 is 5.97 Å². The van der Waals surface area contributed by atoms with E-state index in [1.807, 2.05) is 16.7 Å². The zero-order valence-corrected chi connectivity index (χ0v) is 17.9. The highest BCUT2D eigenvalue weighted by atomic mass is 16.6. The lowest BCUT2D eigenvalue weighted by atomic mass is 10.1. The highest BCUT2D eigenvalue weighted by Gasteiger charge is 2.25. The summed E-state index contributed by atoms with van der Waals surface area (Å²) in [4.78, 5) is 18.7. The highest BCUT2D eigenvalue weighted by molar-refractivity contribution is 5.85. The minimum Gasteiger partial charge on any atom is -0.484 e. The van der Waals surface area contributed by atoms with E-state index in [1.165, 1.54) is 5.56 Å². The van der Waals surface area contributed by atoms with Crippen LogP contribution in [0.4, 0.5) is 0 Å². The Hall–Kier alpha value is -3.46. The highest BCUT2D eigenvalue weighted by Crippen LogP contribution is 2.34. The first-order valence-corrected chi connectivity index (χ1v) is 10.9. The van der Waals surface area contributed by atoms with Gasteiger partial charge in [-0.15, -0.1) is 10.2 Å². The lowest BCUT2D eigenvalue weighted by molar-refractivity contribution is 0.0505. The Bertz CT molecular complexity index is 1100. The minimum atomic E-state index is -0.415. The molecule has 1 aromatic carbocycles. The third kappa shape index (κ3) is 4.16. The molecule has 9 nitrogen and oxygen atoms in total. The fourth-order valence-electron chi connectivity index (χ4n) is 4.04. The van der Waals surface area contributed by atoms with E-state index in [9.17, 15) is 4.79 Å². The molecule has 1 atom stereocenters. The molecule has 166 valence electrons. The van der Waals surface area contributed by atoms with Crippen LogP contribution in [0.15, 0.2) is 42.6 Å². The molecule has 0 radical (unpaired) electrons. The summed E-state index contributed by atoms with van der Waals surface area (Å²) in [6.07, 6.45) is 2.27. The molecule has 0 aliphatic carbocycles. The number of rotatable bonds is 5. The van der Waals surface area contributed by atoms with Crippen molar-refractivity contribution in [3.8, 4) is 11.6 Å². The number of aromatic nitrogens is 4. The van der Waals surface area contributed by atoms with Crippen molar-refractivity contribution < 1.29 is 19.0 Å². The first-order valence-electron chi connectivity index (χ1n) is 10.9. The zero-order chi connectivity index (χ0) is 21.9. The van der Waals surface area contributed by atoms with Crippen molar-refractivity contribution in [3.05, 3.63) is 65.4 Å². The molecule has 2 aliphatic heterocycles. The maximum atomic E-state index is 12.1. The first-order chi connectivity index (χ1) is 15.7. The monoisotopic (exact) mass is 435 g/mol. The molecule has 0 fully saturated rings. The molecule has 0 bridgehead atoms. The number of pyridine rings is 1. The quantitative estimate of drug-likeness (QED) is 0.565. The predicted molar refractivity (Wildman–Crippen MR) is 115 cm³/mol. The van der Waals surface area contributed by atoms with Gasteiger partial charge in [0.2, 0.25) is 5.82 Å². The fourth-order valence-corrected chi connectivity index (χ4v) is 4.04. The second kappa shape index (κ2) is 8.96. The maximum absolute atomic E-state index is 12.1. The van der Waals surface area contributed by atoms with Crippen LogP contribution in [0.2, 0.25) is 0 Å². The van der Waals surface area contributed by atoms with Crippen LogP contribution in [0.3, 0.4) is 0 Å². The van der Waals surface area contributed by atoms with E-state index in [0.717, 1.165) is 37.4 Å². The largest absolute Gasteiger partial charge is 0.484 e. The Labute approximate surface area is 185 Å². The van der Waals surface area contributed by atoms with Gasteiger partial charge in [-0.25, -0.2) is 9.78 Å². The average Bonchev–Trinajstić information content (AvgIpc) is 3.14. The van der Waals surface area contributed by atoms with Crippen LogP contribution in [0, 0.1) is 0 Å². The molecule has 1 unspecified atom stereocenters. The Morgan fingerprint density at radius 2 is 2.03 bits per heavy atom. The lowest BCUT2D eigenvalue weighted by Gasteiger charge is -2.26. The molecule has 3 aromatic rings. The predicted octanol–water partition coefficient (Wildman–Crippen LogP) is 2.42. The third-order valence-corrected chi connectivity index (χ3v) is 5.71. The minimum absolute atomic E-state index is 0.171. The summed E-state index contributed by atoms with van der Waals surface area (Å²) in [5.41, 5.74) is 2.28. The van der Waals surface area contributed by atoms with Crippen LogP contribution in [0.25, 0.3) is 0 Å². The van der Waals surface area contributed by atoms with Crippen molar-refractivity contribution in [1.29, 1.82) is 0 Å². The number of esters is 1. The molecule has 32 heavy (non-hydrogen) atoms. The summed E-state index contributed by atoms with van der Waals surface area (Å²) < 4.78 is 18.8. The molecule has 0 saturated heterocycles. The fraction of sp³-hybridized carbons (Fsp3) is 0.391. The maximum Gasteiger partial charge on any atom is 0.376 e. The summed E-state index contributed by atoms with van der Waals surface area (Å²) in [6, 6.07) is 12.1. The summed E-state index contributed by atoms with van der Waals surface area (Å²) in [6.45, 7) is 5.71. The molecular weight excluding hydrogens is 410 g/mol. The van der Waals surface area contributed by atoms with E-state index in [1.54, 1.807) is 13.1 Å². The number of carbonyl (C=O) groups is 1. The van der Waals surface area contributed by atoms with E-state index >= 15 is 0 Å². The average molecular weight is 435 g/mol.